The van der Waals surface area contributed by atoms with Gasteiger partial charge in [-0.1, -0.05) is 13.0 Å². The number of pyridine rings is 2. The first kappa shape index (κ1) is 19.8. The maximum Gasteiger partial charge on any atom is 0.269 e. The van der Waals surface area contributed by atoms with Gasteiger partial charge in [-0.25, -0.2) is 4.98 Å². The van der Waals surface area contributed by atoms with Crippen LogP contribution in [0, 0.1) is 5.92 Å². The summed E-state index contributed by atoms with van der Waals surface area (Å²) in [6, 6.07) is 7.53. The summed E-state index contributed by atoms with van der Waals surface area (Å²) in [4.78, 5) is 34.3. The molecule has 2 aromatic heterocycles. The number of aryl methyl sites for hydroxylation is 1. The van der Waals surface area contributed by atoms with E-state index >= 15 is 0 Å². The molecule has 0 aromatic carbocycles. The molecule has 2 N–H and O–H groups in total. The number of nitrogens with one attached hydrogen (secondary N) is 2. The van der Waals surface area contributed by atoms with Crippen molar-refractivity contribution in [1.82, 2.24) is 15.3 Å². The molecule has 0 saturated carbocycles. The lowest BCUT2D eigenvalue weighted by molar-refractivity contribution is -0.114. The molecule has 28 heavy (non-hydrogen) atoms. The second-order valence-corrected chi connectivity index (χ2v) is 7.13. The highest BCUT2D eigenvalue weighted by Crippen LogP contribution is 2.22. The van der Waals surface area contributed by atoms with Crippen molar-refractivity contribution in [3.8, 4) is 0 Å². The summed E-state index contributed by atoms with van der Waals surface area (Å²) in [5.74, 6) is 1.15. The minimum absolute atomic E-state index is 0.103. The third-order valence-corrected chi connectivity index (χ3v) is 5.02. The Morgan fingerprint density at radius 3 is 2.46 bits per heavy atom. The van der Waals surface area contributed by atoms with Crippen molar-refractivity contribution in [3.05, 3.63) is 47.9 Å². The number of hydrogen-bond acceptors (Lipinski definition) is 5. The van der Waals surface area contributed by atoms with Gasteiger partial charge in [-0.15, -0.1) is 0 Å². The highest BCUT2D eigenvalue weighted by Gasteiger charge is 2.21. The van der Waals surface area contributed by atoms with Crippen LogP contribution in [0.15, 0.2) is 36.7 Å². The van der Waals surface area contributed by atoms with Crippen LogP contribution in [0.25, 0.3) is 0 Å². The number of amides is 2. The van der Waals surface area contributed by atoms with Gasteiger partial charge in [0, 0.05) is 32.8 Å². The summed E-state index contributed by atoms with van der Waals surface area (Å²) in [5, 5.41) is 5.73. The number of hydrogen-bond donors (Lipinski definition) is 2. The Labute approximate surface area is 165 Å². The standard InChI is InChI=1S/C21H27N5O2/c1-3-16-4-6-19(22-12-16)21(28)24-13-17-8-10-26(11-9-17)20-7-5-18(14-23-20)25-15(2)27/h4-7,12,14,17H,3,8-11,13H2,1-2H3,(H,24,28)(H,25,27). The van der Waals surface area contributed by atoms with Crippen molar-refractivity contribution < 1.29 is 9.59 Å². The van der Waals surface area contributed by atoms with Crippen LogP contribution in [-0.4, -0.2) is 41.4 Å². The van der Waals surface area contributed by atoms with Gasteiger partial charge in [0.2, 0.25) is 5.91 Å². The van der Waals surface area contributed by atoms with Gasteiger partial charge in [0.1, 0.15) is 11.5 Å². The van der Waals surface area contributed by atoms with Gasteiger partial charge in [-0.2, -0.15) is 0 Å². The molecular weight excluding hydrogens is 354 g/mol. The number of aromatic nitrogens is 2. The summed E-state index contributed by atoms with van der Waals surface area (Å²) < 4.78 is 0. The van der Waals surface area contributed by atoms with E-state index in [1.54, 1.807) is 18.5 Å². The van der Waals surface area contributed by atoms with E-state index in [9.17, 15) is 9.59 Å². The molecule has 3 heterocycles. The predicted octanol–water partition coefficient (Wildman–Crippen LogP) is 2.64. The van der Waals surface area contributed by atoms with Crippen LogP contribution in [0.2, 0.25) is 0 Å². The van der Waals surface area contributed by atoms with Crippen LogP contribution in [-0.2, 0) is 11.2 Å². The molecular formula is C21H27N5O2. The quantitative estimate of drug-likeness (QED) is 0.803. The van der Waals surface area contributed by atoms with Gasteiger partial charge >= 0.3 is 0 Å². The molecule has 0 bridgehead atoms. The molecule has 7 nitrogen and oxygen atoms in total. The zero-order chi connectivity index (χ0) is 19.9. The summed E-state index contributed by atoms with van der Waals surface area (Å²) in [7, 11) is 0. The monoisotopic (exact) mass is 381 g/mol. The largest absolute Gasteiger partial charge is 0.357 e. The number of piperidine rings is 1. The molecule has 0 atom stereocenters. The Morgan fingerprint density at radius 1 is 1.11 bits per heavy atom. The van der Waals surface area contributed by atoms with Crippen LogP contribution < -0.4 is 15.5 Å². The van der Waals surface area contributed by atoms with Crippen molar-refractivity contribution in [2.75, 3.05) is 29.9 Å². The topological polar surface area (TPSA) is 87.2 Å². The maximum atomic E-state index is 12.3. The molecule has 148 valence electrons. The lowest BCUT2D eigenvalue weighted by Crippen LogP contribution is -2.39. The third kappa shape index (κ3) is 5.28. The molecule has 7 heteroatoms. The second kappa shape index (κ2) is 9.30. The van der Waals surface area contributed by atoms with E-state index in [4.69, 9.17) is 0 Å². The average molecular weight is 381 g/mol. The number of nitrogens with zero attached hydrogens (tertiary/aromatic N) is 3. The Bertz CT molecular complexity index is 797. The summed E-state index contributed by atoms with van der Waals surface area (Å²) in [6.07, 6.45) is 6.35. The van der Waals surface area contributed by atoms with Crippen molar-refractivity contribution in [1.29, 1.82) is 0 Å². The summed E-state index contributed by atoms with van der Waals surface area (Å²) in [5.41, 5.74) is 2.30. The lowest BCUT2D eigenvalue weighted by Gasteiger charge is -2.32. The first-order valence-electron chi connectivity index (χ1n) is 9.77. The summed E-state index contributed by atoms with van der Waals surface area (Å²) in [6.45, 7) is 6.01. The second-order valence-electron chi connectivity index (χ2n) is 7.13. The van der Waals surface area contributed by atoms with E-state index in [1.165, 1.54) is 6.92 Å². The molecule has 3 rings (SSSR count). The van der Waals surface area contributed by atoms with E-state index in [1.807, 2.05) is 18.2 Å². The normalized spacial score (nSPS) is 14.6. The summed E-state index contributed by atoms with van der Waals surface area (Å²) >= 11 is 0. The number of anilines is 2. The van der Waals surface area contributed by atoms with Gasteiger partial charge in [-0.3, -0.25) is 14.6 Å². The molecule has 2 aromatic rings. The van der Waals surface area contributed by atoms with Crippen LogP contribution >= 0.6 is 0 Å². The van der Waals surface area contributed by atoms with Gasteiger partial charge in [-0.05, 0) is 48.9 Å². The molecule has 0 unspecified atom stereocenters. The van der Waals surface area contributed by atoms with E-state index in [2.05, 4.69) is 32.4 Å². The molecule has 1 aliphatic heterocycles. The first-order valence-corrected chi connectivity index (χ1v) is 9.77. The van der Waals surface area contributed by atoms with E-state index in [0.717, 1.165) is 43.7 Å². The van der Waals surface area contributed by atoms with Gasteiger partial charge in [0.15, 0.2) is 0 Å². The number of carbonyl (C=O) groups excluding carboxylic acids is 2. The minimum Gasteiger partial charge on any atom is -0.357 e. The number of rotatable bonds is 6. The molecule has 1 saturated heterocycles. The van der Waals surface area contributed by atoms with Gasteiger partial charge in [0.25, 0.3) is 5.91 Å². The Kier molecular flexibility index (Phi) is 6.57. The smallest absolute Gasteiger partial charge is 0.269 e. The van der Waals surface area contributed by atoms with Crippen LogP contribution in [0.4, 0.5) is 11.5 Å². The fourth-order valence-corrected chi connectivity index (χ4v) is 3.31. The fraction of sp³-hybridized carbons (Fsp3) is 0.429. The van der Waals surface area contributed by atoms with E-state index < -0.39 is 0 Å². The van der Waals surface area contributed by atoms with Crippen LogP contribution in [0.5, 0.6) is 0 Å². The van der Waals surface area contributed by atoms with Crippen LogP contribution in [0.3, 0.4) is 0 Å². The number of carbonyl (C=O) groups is 2. The van der Waals surface area contributed by atoms with Gasteiger partial charge in [0.05, 0.1) is 11.9 Å². The molecule has 0 radical (unpaired) electrons. The van der Waals surface area contributed by atoms with Crippen molar-refractivity contribution in [2.45, 2.75) is 33.1 Å². The fourth-order valence-electron chi connectivity index (χ4n) is 3.31. The van der Waals surface area contributed by atoms with Gasteiger partial charge < -0.3 is 15.5 Å². The van der Waals surface area contributed by atoms with E-state index in [0.29, 0.717) is 23.8 Å². The molecule has 1 fully saturated rings. The highest BCUT2D eigenvalue weighted by atomic mass is 16.2. The lowest BCUT2D eigenvalue weighted by atomic mass is 9.96. The molecule has 0 aliphatic carbocycles. The van der Waals surface area contributed by atoms with Crippen molar-refractivity contribution in [2.24, 2.45) is 5.92 Å². The maximum absolute atomic E-state index is 12.3. The Morgan fingerprint density at radius 2 is 1.89 bits per heavy atom. The molecule has 1 aliphatic rings. The van der Waals surface area contributed by atoms with E-state index in [-0.39, 0.29) is 11.8 Å². The van der Waals surface area contributed by atoms with Crippen molar-refractivity contribution >= 4 is 23.3 Å². The van der Waals surface area contributed by atoms with Crippen LogP contribution in [0.1, 0.15) is 42.7 Å². The minimum atomic E-state index is -0.111. The average Bonchev–Trinajstić information content (AvgIpc) is 2.72. The molecule has 0 spiro atoms. The third-order valence-electron chi connectivity index (χ3n) is 5.02. The Hall–Kier alpha value is -2.96. The predicted molar refractivity (Wildman–Crippen MR) is 109 cm³/mol. The van der Waals surface area contributed by atoms with Crippen molar-refractivity contribution in [3.63, 3.8) is 0 Å². The highest BCUT2D eigenvalue weighted by molar-refractivity contribution is 5.92. The SMILES string of the molecule is CCc1ccc(C(=O)NCC2CCN(c3ccc(NC(C)=O)cn3)CC2)nc1. The Balaban J connectivity index is 1.44. The zero-order valence-electron chi connectivity index (χ0n) is 16.4. The molecule has 2 amide bonds. The zero-order valence-corrected chi connectivity index (χ0v) is 16.4. The first-order chi connectivity index (χ1) is 13.5.